The predicted molar refractivity (Wildman–Crippen MR) is 90.3 cm³/mol. The van der Waals surface area contributed by atoms with E-state index in [0.717, 1.165) is 29.9 Å². The quantitative estimate of drug-likeness (QED) is 0.643. The lowest BCUT2D eigenvalue weighted by Gasteiger charge is -2.39. The Morgan fingerprint density at radius 1 is 1.35 bits per heavy atom. The van der Waals surface area contributed by atoms with E-state index in [9.17, 15) is 18.0 Å². The molecule has 1 aromatic rings. The average molecular weight is 383 g/mol. The molecular weight excluding hydrogens is 367 g/mol. The fraction of sp³-hybridized carbons (Fsp3) is 0.471. The number of alkyl halides is 3. The van der Waals surface area contributed by atoms with Gasteiger partial charge in [-0.3, -0.25) is 9.78 Å². The van der Waals surface area contributed by atoms with Crippen LogP contribution in [0.25, 0.3) is 0 Å². The van der Waals surface area contributed by atoms with Crippen molar-refractivity contribution in [1.82, 2.24) is 9.88 Å². The zero-order chi connectivity index (χ0) is 18.5. The number of likely N-dealkylation sites (tertiary alicyclic amines) is 1. The van der Waals surface area contributed by atoms with E-state index < -0.39 is 23.3 Å². The molecule has 3 aliphatic heterocycles. The number of amidine groups is 1. The van der Waals surface area contributed by atoms with Gasteiger partial charge in [0.15, 0.2) is 5.17 Å². The van der Waals surface area contributed by atoms with E-state index in [-0.39, 0.29) is 4.91 Å². The number of hydrogen-bond acceptors (Lipinski definition) is 5. The van der Waals surface area contributed by atoms with Crippen molar-refractivity contribution in [2.45, 2.75) is 38.1 Å². The third-order valence-corrected chi connectivity index (χ3v) is 6.28. The molecule has 0 aliphatic carbocycles. The van der Waals surface area contributed by atoms with Gasteiger partial charge in [-0.1, -0.05) is 6.07 Å². The minimum atomic E-state index is -4.52. The van der Waals surface area contributed by atoms with Crippen LogP contribution >= 0.6 is 11.8 Å². The molecule has 0 radical (unpaired) electrons. The number of allylic oxidation sites excluding steroid dienone is 1. The van der Waals surface area contributed by atoms with E-state index >= 15 is 0 Å². The summed E-state index contributed by atoms with van der Waals surface area (Å²) >= 11 is 0.810. The number of thioether (sulfide) groups is 1. The lowest BCUT2D eigenvalue weighted by Crippen LogP contribution is -2.44. The molecule has 0 N–H and O–H groups in total. The second-order valence-electron chi connectivity index (χ2n) is 6.52. The third kappa shape index (κ3) is 2.83. The lowest BCUT2D eigenvalue weighted by molar-refractivity contribution is -0.115. The van der Waals surface area contributed by atoms with Crippen molar-refractivity contribution in [2.24, 2.45) is 4.99 Å². The molecular formula is C17H16F3N3O2S. The molecule has 3 aliphatic rings. The van der Waals surface area contributed by atoms with Gasteiger partial charge in [0.05, 0.1) is 22.8 Å². The normalized spacial score (nSPS) is 24.1. The summed E-state index contributed by atoms with van der Waals surface area (Å²) in [7, 11) is 0. The van der Waals surface area contributed by atoms with Crippen LogP contribution in [0.3, 0.4) is 0 Å². The maximum atomic E-state index is 12.9. The molecule has 1 spiro atoms. The van der Waals surface area contributed by atoms with Crippen molar-refractivity contribution >= 4 is 22.8 Å². The molecule has 0 unspecified atom stereocenters. The zero-order valence-corrected chi connectivity index (χ0v) is 14.8. The number of aliphatic imine (C=N–C) groups is 1. The van der Waals surface area contributed by atoms with E-state index in [1.165, 1.54) is 0 Å². The molecule has 4 heterocycles. The summed E-state index contributed by atoms with van der Waals surface area (Å²) < 4.78 is 44.6. The number of aromatic nitrogens is 1. The summed E-state index contributed by atoms with van der Waals surface area (Å²) in [5, 5.41) is 0.341. The molecule has 1 saturated heterocycles. The summed E-state index contributed by atoms with van der Waals surface area (Å²) in [5.41, 5.74) is 0.743. The number of carbonyl (C=O) groups is 1. The molecule has 0 aromatic carbocycles. The van der Waals surface area contributed by atoms with Crippen molar-refractivity contribution in [3.05, 3.63) is 40.1 Å². The molecule has 0 bridgehead atoms. The van der Waals surface area contributed by atoms with Crippen LogP contribution in [0.5, 0.6) is 0 Å². The van der Waals surface area contributed by atoms with Crippen LogP contribution in [0.4, 0.5) is 13.2 Å². The topological polar surface area (TPSA) is 54.8 Å². The molecule has 0 atom stereocenters. The van der Waals surface area contributed by atoms with E-state index in [1.807, 2.05) is 17.0 Å². The van der Waals surface area contributed by atoms with Gasteiger partial charge < -0.3 is 9.64 Å². The third-order valence-electron chi connectivity index (χ3n) is 5.06. The maximum Gasteiger partial charge on any atom is 0.413 e. The van der Waals surface area contributed by atoms with Crippen molar-refractivity contribution < 1.29 is 22.7 Å². The number of amides is 1. The van der Waals surface area contributed by atoms with Crippen LogP contribution < -0.4 is 0 Å². The Bertz CT molecular complexity index is 827. The Kier molecular flexibility index (Phi) is 4.11. The molecule has 4 rings (SSSR count). The van der Waals surface area contributed by atoms with Crippen LogP contribution in [-0.2, 0) is 21.7 Å². The highest BCUT2D eigenvalue weighted by Gasteiger charge is 2.45. The maximum absolute atomic E-state index is 12.9. The van der Waals surface area contributed by atoms with Crippen LogP contribution in [-0.4, -0.2) is 40.2 Å². The van der Waals surface area contributed by atoms with Gasteiger partial charge in [-0.15, -0.1) is 0 Å². The van der Waals surface area contributed by atoms with E-state index in [1.54, 1.807) is 6.20 Å². The number of ether oxygens (including phenoxy) is 1. The smallest absolute Gasteiger partial charge is 0.364 e. The second kappa shape index (κ2) is 6.09. The SMILES string of the molecule is C/C(=C1/SC(N2CCC3(CC2)OCc2ncccc23)=NC1=O)C(F)(F)F. The highest BCUT2D eigenvalue weighted by atomic mass is 32.2. The average Bonchev–Trinajstić information content (AvgIpc) is 3.16. The van der Waals surface area contributed by atoms with Crippen LogP contribution in [0.1, 0.15) is 31.0 Å². The van der Waals surface area contributed by atoms with Gasteiger partial charge in [-0.2, -0.15) is 18.2 Å². The highest BCUT2D eigenvalue weighted by molar-refractivity contribution is 8.18. The standard InChI is InChI=1S/C17H16F3N3O2S/c1-10(17(18,19)20)13-14(24)22-15(26-13)23-7-4-16(5-8-23)11-3-2-6-21-12(11)9-25-16/h2-3,6H,4-5,7-9H2,1H3/b13-10-. The van der Waals surface area contributed by atoms with Crippen LogP contribution in [0.2, 0.25) is 0 Å². The minimum absolute atomic E-state index is 0.334. The van der Waals surface area contributed by atoms with Gasteiger partial charge >= 0.3 is 6.18 Å². The Labute approximate surface area is 152 Å². The van der Waals surface area contributed by atoms with Crippen molar-refractivity contribution in [1.29, 1.82) is 0 Å². The molecule has 26 heavy (non-hydrogen) atoms. The molecule has 5 nitrogen and oxygen atoms in total. The van der Waals surface area contributed by atoms with Crippen LogP contribution in [0, 0.1) is 0 Å². The number of carbonyl (C=O) groups excluding carboxylic acids is 1. The fourth-order valence-corrected chi connectivity index (χ4v) is 4.55. The van der Waals surface area contributed by atoms with Gasteiger partial charge in [-0.05, 0) is 37.6 Å². The molecule has 9 heteroatoms. The van der Waals surface area contributed by atoms with Gasteiger partial charge in [0.1, 0.15) is 0 Å². The molecule has 1 amide bonds. The van der Waals surface area contributed by atoms with Gasteiger partial charge in [0.2, 0.25) is 0 Å². The summed E-state index contributed by atoms with van der Waals surface area (Å²) in [5.74, 6) is -0.813. The Hall–Kier alpha value is -1.87. The largest absolute Gasteiger partial charge is 0.413 e. The van der Waals surface area contributed by atoms with Crippen molar-refractivity contribution in [3.63, 3.8) is 0 Å². The van der Waals surface area contributed by atoms with Gasteiger partial charge in [-0.25, -0.2) is 0 Å². The first-order valence-corrected chi connectivity index (χ1v) is 9.04. The monoisotopic (exact) mass is 383 g/mol. The Morgan fingerprint density at radius 2 is 2.08 bits per heavy atom. The number of rotatable bonds is 0. The summed E-state index contributed by atoms with van der Waals surface area (Å²) in [4.78, 5) is 21.6. The van der Waals surface area contributed by atoms with E-state index in [0.29, 0.717) is 37.7 Å². The fourth-order valence-electron chi connectivity index (χ4n) is 3.52. The number of fused-ring (bicyclic) bond motifs is 2. The Morgan fingerprint density at radius 3 is 2.77 bits per heavy atom. The summed E-state index contributed by atoms with van der Waals surface area (Å²) in [6.07, 6.45) is -1.43. The first-order chi connectivity index (χ1) is 12.3. The zero-order valence-electron chi connectivity index (χ0n) is 14.0. The minimum Gasteiger partial charge on any atom is -0.364 e. The molecule has 1 aromatic heterocycles. The molecule has 1 fully saturated rings. The Balaban J connectivity index is 1.49. The van der Waals surface area contributed by atoms with E-state index in [4.69, 9.17) is 4.74 Å². The first kappa shape index (κ1) is 17.5. The number of halogens is 3. The van der Waals surface area contributed by atoms with Gasteiger partial charge in [0.25, 0.3) is 5.91 Å². The number of hydrogen-bond donors (Lipinski definition) is 0. The van der Waals surface area contributed by atoms with E-state index in [2.05, 4.69) is 9.98 Å². The summed E-state index contributed by atoms with van der Waals surface area (Å²) in [6.45, 7) is 2.51. The van der Waals surface area contributed by atoms with Crippen molar-refractivity contribution in [2.75, 3.05) is 13.1 Å². The number of nitrogens with zero attached hydrogens (tertiary/aromatic N) is 3. The molecule has 0 saturated carbocycles. The second-order valence-corrected chi connectivity index (χ2v) is 7.50. The highest BCUT2D eigenvalue weighted by Crippen LogP contribution is 2.45. The molecule has 138 valence electrons. The van der Waals surface area contributed by atoms with Crippen molar-refractivity contribution in [3.8, 4) is 0 Å². The number of pyridine rings is 1. The predicted octanol–water partition coefficient (Wildman–Crippen LogP) is 3.37. The first-order valence-electron chi connectivity index (χ1n) is 8.22. The summed E-state index contributed by atoms with van der Waals surface area (Å²) in [6, 6.07) is 3.90. The van der Waals surface area contributed by atoms with Crippen LogP contribution in [0.15, 0.2) is 33.8 Å². The van der Waals surface area contributed by atoms with Gasteiger partial charge in [0, 0.05) is 30.4 Å². The lowest BCUT2D eigenvalue weighted by atomic mass is 9.85. The number of piperidine rings is 1.